The summed E-state index contributed by atoms with van der Waals surface area (Å²) in [6, 6.07) is 0. The van der Waals surface area contributed by atoms with Crippen molar-refractivity contribution < 1.29 is 9.22 Å². The van der Waals surface area contributed by atoms with Crippen LogP contribution in [-0.4, -0.2) is 27.5 Å². The zero-order chi connectivity index (χ0) is 17.4. The summed E-state index contributed by atoms with van der Waals surface area (Å²) < 4.78 is 6.18. The molecule has 0 saturated carbocycles. The third-order valence-corrected chi connectivity index (χ3v) is 8.99. The van der Waals surface area contributed by atoms with Crippen LogP contribution in [0.5, 0.6) is 0 Å². The van der Waals surface area contributed by atoms with Crippen molar-refractivity contribution in [3.63, 3.8) is 0 Å². The number of nitrogens with zero attached hydrogens (tertiary/aromatic N) is 1. The highest BCUT2D eigenvalue weighted by Gasteiger charge is 2.36. The van der Waals surface area contributed by atoms with E-state index in [-0.39, 0.29) is 5.04 Å². The van der Waals surface area contributed by atoms with Gasteiger partial charge in [-0.3, -0.25) is 0 Å². The van der Waals surface area contributed by atoms with Gasteiger partial charge in [0.05, 0.1) is 6.54 Å². The van der Waals surface area contributed by atoms with Crippen molar-refractivity contribution in [3.05, 3.63) is 23.3 Å². The Hall–Kier alpha value is -0.963. The second kappa shape index (κ2) is 9.24. The Balaban J connectivity index is 4.25. The second-order valence-corrected chi connectivity index (χ2v) is 12.5. The average Bonchev–Trinajstić information content (AvgIpc) is 2.38. The average molecular weight is 324 g/mol. The summed E-state index contributed by atoms with van der Waals surface area (Å²) in [4.78, 5) is 13.9. The number of isocyanates is 1. The van der Waals surface area contributed by atoms with Gasteiger partial charge >= 0.3 is 0 Å². The van der Waals surface area contributed by atoms with Gasteiger partial charge in [-0.05, 0) is 56.8 Å². The van der Waals surface area contributed by atoms with Gasteiger partial charge in [-0.1, -0.05) is 38.5 Å². The lowest BCUT2D eigenvalue weighted by molar-refractivity contribution is 0.282. The third-order valence-electron chi connectivity index (χ3n) is 4.45. The molecular weight excluding hydrogens is 290 g/mol. The summed E-state index contributed by atoms with van der Waals surface area (Å²) in [6.07, 6.45) is 4.37. The van der Waals surface area contributed by atoms with Crippen LogP contribution in [0.4, 0.5) is 0 Å². The molecule has 0 aromatic rings. The van der Waals surface area contributed by atoms with Crippen molar-refractivity contribution in [3.8, 4) is 0 Å². The van der Waals surface area contributed by atoms with Gasteiger partial charge in [-0.2, -0.15) is 0 Å². The van der Waals surface area contributed by atoms with Crippen molar-refractivity contribution in [1.29, 1.82) is 0 Å². The quantitative estimate of drug-likeness (QED) is 0.187. The van der Waals surface area contributed by atoms with Crippen LogP contribution in [0.15, 0.2) is 28.3 Å². The fourth-order valence-corrected chi connectivity index (χ4v) is 2.86. The molecule has 0 aliphatic heterocycles. The fourth-order valence-electron chi connectivity index (χ4n) is 1.77. The Bertz CT molecular complexity index is 448. The van der Waals surface area contributed by atoms with E-state index in [1.54, 1.807) is 6.08 Å². The van der Waals surface area contributed by atoms with E-state index in [0.717, 1.165) is 25.9 Å². The predicted molar refractivity (Wildman–Crippen MR) is 97.5 cm³/mol. The lowest BCUT2D eigenvalue weighted by Gasteiger charge is -2.36. The van der Waals surface area contributed by atoms with E-state index in [1.807, 2.05) is 13.8 Å². The van der Waals surface area contributed by atoms with E-state index in [4.69, 9.17) is 4.43 Å². The van der Waals surface area contributed by atoms with Crippen LogP contribution in [0.1, 0.15) is 53.9 Å². The molecule has 0 aromatic heterocycles. The van der Waals surface area contributed by atoms with Crippen LogP contribution < -0.4 is 0 Å². The smallest absolute Gasteiger partial charge is 0.235 e. The van der Waals surface area contributed by atoms with E-state index in [9.17, 15) is 4.79 Å². The van der Waals surface area contributed by atoms with Crippen molar-refractivity contribution in [2.24, 2.45) is 4.99 Å². The topological polar surface area (TPSA) is 38.7 Å². The molecule has 3 nitrogen and oxygen atoms in total. The van der Waals surface area contributed by atoms with Crippen LogP contribution in [-0.2, 0) is 9.22 Å². The number of rotatable bonds is 9. The molecule has 0 bridgehead atoms. The molecule has 0 aliphatic carbocycles. The zero-order valence-electron chi connectivity index (χ0n) is 15.5. The lowest BCUT2D eigenvalue weighted by atomic mass is 9.99. The summed E-state index contributed by atoms with van der Waals surface area (Å²) in [5, 5.41) is 0.256. The standard InChI is InChI=1S/C18H33NO2Si/c1-15(2)17(13-19-14-20)12-16(3)10-9-11-21-22(7,8)18(4,5)6/h3,9-13H2,1-2,4-8H3. The summed E-state index contributed by atoms with van der Waals surface area (Å²) in [5.74, 6) is 0. The molecule has 0 aromatic carbocycles. The molecule has 0 unspecified atom stereocenters. The molecule has 0 spiro atoms. The molecule has 0 amide bonds. The molecule has 0 N–H and O–H groups in total. The lowest BCUT2D eigenvalue weighted by Crippen LogP contribution is -2.40. The monoisotopic (exact) mass is 323 g/mol. The second-order valence-electron chi connectivity index (χ2n) is 7.65. The third kappa shape index (κ3) is 7.88. The number of hydrogen-bond donors (Lipinski definition) is 0. The summed E-state index contributed by atoms with van der Waals surface area (Å²) >= 11 is 0. The molecular formula is C18H33NO2Si. The molecule has 0 radical (unpaired) electrons. The minimum absolute atomic E-state index is 0.256. The maximum absolute atomic E-state index is 10.3. The van der Waals surface area contributed by atoms with E-state index in [1.165, 1.54) is 16.7 Å². The predicted octanol–water partition coefficient (Wildman–Crippen LogP) is 5.41. The number of hydrogen-bond acceptors (Lipinski definition) is 3. The Morgan fingerprint density at radius 2 is 1.86 bits per heavy atom. The van der Waals surface area contributed by atoms with Gasteiger partial charge in [0.15, 0.2) is 8.32 Å². The van der Waals surface area contributed by atoms with Gasteiger partial charge < -0.3 is 4.43 Å². The summed E-state index contributed by atoms with van der Waals surface area (Å²) in [7, 11) is -1.64. The van der Waals surface area contributed by atoms with E-state index >= 15 is 0 Å². The minimum Gasteiger partial charge on any atom is -0.417 e. The first-order valence-corrected chi connectivity index (χ1v) is 10.9. The normalized spacial score (nSPS) is 11.8. The molecule has 0 fully saturated rings. The molecule has 0 aliphatic rings. The molecule has 22 heavy (non-hydrogen) atoms. The number of aliphatic imine (C=N–C) groups is 1. The first-order valence-electron chi connectivity index (χ1n) is 8.00. The number of carbonyl (C=O) groups excluding carboxylic acids is 1. The maximum Gasteiger partial charge on any atom is 0.235 e. The van der Waals surface area contributed by atoms with Crippen LogP contribution >= 0.6 is 0 Å². The summed E-state index contributed by atoms with van der Waals surface area (Å²) in [5.41, 5.74) is 3.55. The highest BCUT2D eigenvalue weighted by atomic mass is 28.4. The molecule has 0 saturated heterocycles. The molecule has 0 atom stereocenters. The molecule has 0 heterocycles. The van der Waals surface area contributed by atoms with Gasteiger partial charge in [0.25, 0.3) is 0 Å². The zero-order valence-corrected chi connectivity index (χ0v) is 16.5. The Morgan fingerprint density at radius 1 is 1.27 bits per heavy atom. The highest BCUT2D eigenvalue weighted by molar-refractivity contribution is 6.74. The fraction of sp³-hybridized carbons (Fsp3) is 0.722. The SMILES string of the molecule is C=C(CCCO[Si](C)(C)C(C)(C)C)CC(CN=C=O)=C(C)C. The minimum atomic E-state index is -1.64. The van der Waals surface area contributed by atoms with Crippen molar-refractivity contribution in [2.75, 3.05) is 13.2 Å². The maximum atomic E-state index is 10.3. The van der Waals surface area contributed by atoms with Gasteiger partial charge in [-0.25, -0.2) is 9.79 Å². The first-order chi connectivity index (χ1) is 10.0. The van der Waals surface area contributed by atoms with Crippen LogP contribution in [0.3, 0.4) is 0 Å². The van der Waals surface area contributed by atoms with Crippen molar-refractivity contribution in [1.82, 2.24) is 0 Å². The van der Waals surface area contributed by atoms with Gasteiger partial charge in [0.1, 0.15) is 0 Å². The van der Waals surface area contributed by atoms with E-state index in [0.29, 0.717) is 6.54 Å². The van der Waals surface area contributed by atoms with Crippen molar-refractivity contribution >= 4 is 14.4 Å². The van der Waals surface area contributed by atoms with Gasteiger partial charge in [0.2, 0.25) is 6.08 Å². The van der Waals surface area contributed by atoms with Crippen molar-refractivity contribution in [2.45, 2.75) is 72.0 Å². The highest BCUT2D eigenvalue weighted by Crippen LogP contribution is 2.36. The van der Waals surface area contributed by atoms with Gasteiger partial charge in [0, 0.05) is 6.61 Å². The van der Waals surface area contributed by atoms with Crippen LogP contribution in [0, 0.1) is 0 Å². The Kier molecular flexibility index (Phi) is 8.83. The van der Waals surface area contributed by atoms with Gasteiger partial charge in [-0.15, -0.1) is 0 Å². The van der Waals surface area contributed by atoms with E-state index < -0.39 is 8.32 Å². The summed E-state index contributed by atoms with van der Waals surface area (Å²) in [6.45, 7) is 20.8. The van der Waals surface area contributed by atoms with Crippen LogP contribution in [0.25, 0.3) is 0 Å². The largest absolute Gasteiger partial charge is 0.417 e. The molecule has 126 valence electrons. The molecule has 0 rings (SSSR count). The Labute approximate surface area is 137 Å². The van der Waals surface area contributed by atoms with E-state index in [2.05, 4.69) is 45.4 Å². The Morgan fingerprint density at radius 3 is 2.32 bits per heavy atom. The molecule has 4 heteroatoms. The van der Waals surface area contributed by atoms with Crippen LogP contribution in [0.2, 0.25) is 18.1 Å². The number of allylic oxidation sites excluding steroid dienone is 2. The first kappa shape index (κ1) is 21.0.